The zero-order valence-electron chi connectivity index (χ0n) is 31.5. The van der Waals surface area contributed by atoms with Gasteiger partial charge in [0.1, 0.15) is 29.5 Å². The Labute approximate surface area is 319 Å². The molecule has 16 nitrogen and oxygen atoms in total. The summed E-state index contributed by atoms with van der Waals surface area (Å²) in [7, 11) is -2.45. The summed E-state index contributed by atoms with van der Waals surface area (Å²) < 4.78 is 51.7. The van der Waals surface area contributed by atoms with Crippen LogP contribution in [-0.2, 0) is 35.6 Å². The van der Waals surface area contributed by atoms with E-state index in [-0.39, 0.29) is 37.8 Å². The molecule has 2 aliphatic carbocycles. The molecule has 5 aliphatic rings. The van der Waals surface area contributed by atoms with Crippen molar-refractivity contribution in [3.63, 3.8) is 0 Å². The van der Waals surface area contributed by atoms with Crippen molar-refractivity contribution in [1.82, 2.24) is 25.2 Å². The number of methoxy groups -OCH3 is 1. The molecule has 0 spiro atoms. The number of aromatic nitrogens is 1. The molecular formula is C38H49N5O11S. The third-order valence-electron chi connectivity index (χ3n) is 11.6. The summed E-state index contributed by atoms with van der Waals surface area (Å²) in [5, 5.41) is 16.6. The lowest BCUT2D eigenvalue weighted by molar-refractivity contribution is -0.145. The minimum absolute atomic E-state index is 0.0444. The Kier molecular flexibility index (Phi) is 10.4. The van der Waals surface area contributed by atoms with Gasteiger partial charge in [-0.2, -0.15) is 4.98 Å². The number of sulfonamides is 1. The minimum Gasteiger partial charge on any atom is -0.497 e. The Bertz CT molecular complexity index is 2020. The van der Waals surface area contributed by atoms with Crippen molar-refractivity contribution in [2.45, 2.75) is 119 Å². The quantitative estimate of drug-likeness (QED) is 0.285. The third-order valence-corrected chi connectivity index (χ3v) is 13.8. The van der Waals surface area contributed by atoms with Crippen LogP contribution in [0.25, 0.3) is 10.8 Å². The first-order chi connectivity index (χ1) is 26.2. The van der Waals surface area contributed by atoms with Gasteiger partial charge in [0.05, 0.1) is 37.2 Å². The number of nitrogens with zero attached hydrogens (tertiary/aromatic N) is 2. The van der Waals surface area contributed by atoms with Gasteiger partial charge < -0.3 is 39.6 Å². The molecule has 298 valence electrons. The molecule has 4 N–H and O–H groups in total. The van der Waals surface area contributed by atoms with Gasteiger partial charge in [0.25, 0.3) is 5.91 Å². The number of aryl methyl sites for hydroxylation is 1. The largest absolute Gasteiger partial charge is 0.497 e. The van der Waals surface area contributed by atoms with Gasteiger partial charge in [-0.05, 0) is 88.8 Å². The highest BCUT2D eigenvalue weighted by atomic mass is 32.2. The first-order valence-electron chi connectivity index (χ1n) is 19.0. The molecule has 1 aromatic carbocycles. The van der Waals surface area contributed by atoms with Gasteiger partial charge in [0.2, 0.25) is 33.6 Å². The first kappa shape index (κ1) is 38.6. The predicted molar refractivity (Wildman–Crippen MR) is 198 cm³/mol. The van der Waals surface area contributed by atoms with Crippen LogP contribution in [0.2, 0.25) is 0 Å². The maximum absolute atomic E-state index is 14.6. The second-order valence-electron chi connectivity index (χ2n) is 15.5. The van der Waals surface area contributed by atoms with E-state index < -0.39 is 74.3 Å². The van der Waals surface area contributed by atoms with E-state index in [2.05, 4.69) is 15.4 Å². The molecule has 0 radical (unpaired) electrons. The van der Waals surface area contributed by atoms with E-state index in [1.165, 1.54) is 4.90 Å². The van der Waals surface area contributed by atoms with E-state index in [0.29, 0.717) is 49.3 Å². The molecule has 7 atom stereocenters. The molecule has 2 aromatic rings. The van der Waals surface area contributed by atoms with Gasteiger partial charge in [-0.3, -0.25) is 19.1 Å². The number of amides is 4. The molecule has 4 amide bonds. The second kappa shape index (κ2) is 14.8. The molecule has 4 heterocycles. The summed E-state index contributed by atoms with van der Waals surface area (Å²) in [5.74, 6) is -1.48. The van der Waals surface area contributed by atoms with Gasteiger partial charge in [-0.1, -0.05) is 19.1 Å². The van der Waals surface area contributed by atoms with E-state index in [1.54, 1.807) is 33.1 Å². The number of carbonyl (C=O) groups is 4. The number of carbonyl (C=O) groups excluding carboxylic acids is 3. The zero-order valence-corrected chi connectivity index (χ0v) is 32.3. The Balaban J connectivity index is 1.25. The summed E-state index contributed by atoms with van der Waals surface area (Å²) >= 11 is 0. The van der Waals surface area contributed by atoms with Crippen LogP contribution in [-0.4, -0.2) is 108 Å². The van der Waals surface area contributed by atoms with E-state index in [4.69, 9.17) is 23.9 Å². The van der Waals surface area contributed by atoms with Crippen molar-refractivity contribution in [1.29, 1.82) is 0 Å². The van der Waals surface area contributed by atoms with Gasteiger partial charge in [-0.25, -0.2) is 13.2 Å². The molecule has 1 aromatic heterocycles. The van der Waals surface area contributed by atoms with Gasteiger partial charge >= 0.3 is 6.09 Å². The van der Waals surface area contributed by atoms with E-state index >= 15 is 0 Å². The van der Waals surface area contributed by atoms with Gasteiger partial charge in [-0.15, -0.1) is 0 Å². The van der Waals surface area contributed by atoms with Crippen LogP contribution in [0.5, 0.6) is 17.5 Å². The van der Waals surface area contributed by atoms with Crippen LogP contribution >= 0.6 is 0 Å². The number of fused-ring (bicyclic) bond motifs is 5. The molecule has 17 heteroatoms. The minimum atomic E-state index is -4.03. The highest BCUT2D eigenvalue weighted by molar-refractivity contribution is 7.91. The smallest absolute Gasteiger partial charge is 0.405 e. The molecule has 7 rings (SSSR count). The van der Waals surface area contributed by atoms with E-state index in [0.717, 1.165) is 23.8 Å². The molecule has 1 saturated heterocycles. The molecule has 55 heavy (non-hydrogen) atoms. The second-order valence-corrected chi connectivity index (χ2v) is 17.7. The van der Waals surface area contributed by atoms with Crippen molar-refractivity contribution in [2.24, 2.45) is 5.92 Å². The lowest BCUT2D eigenvalue weighted by Gasteiger charge is -2.33. The molecule has 3 aliphatic heterocycles. The van der Waals surface area contributed by atoms with Crippen LogP contribution in [0.4, 0.5) is 4.79 Å². The lowest BCUT2D eigenvalue weighted by Crippen LogP contribution is -2.60. The maximum Gasteiger partial charge on any atom is 0.405 e. The van der Waals surface area contributed by atoms with E-state index in [1.807, 2.05) is 25.1 Å². The normalized spacial score (nSPS) is 30.9. The lowest BCUT2D eigenvalue weighted by atomic mass is 10.0. The van der Waals surface area contributed by atoms with Crippen LogP contribution in [0.15, 0.2) is 30.4 Å². The number of allylic oxidation sites excluding steroid dienone is 1. The summed E-state index contributed by atoms with van der Waals surface area (Å²) in [6.07, 6.45) is 3.99. The number of hydrogen-bond acceptors (Lipinski definition) is 11. The van der Waals surface area contributed by atoms with Crippen molar-refractivity contribution in [2.75, 3.05) is 20.3 Å². The average Bonchev–Trinajstić information content (AvgIpc) is 4.04. The van der Waals surface area contributed by atoms with Crippen LogP contribution < -0.4 is 29.6 Å². The standard InChI is InChI=1S/C38H49N5O11S/c1-5-29-30(39-36(47)48)34(45)43-20-24(54-33-26-13-12-23(51-4)17-27(26)25-11-8-16-52-32(25)40-33)18-28(43)31(44)41-38(19-22(38)10-7-6-9-21(2)53-29)35(46)42-55(49,50)37(3)14-15-37/h7,10,12-13,17,21-22,24,28-30,39H,5-6,8-9,11,14-16,18-20H2,1-4H3,(H,41,44)(H,42,46)(H,47,48)/b10-7-/t21-,22-,24-,28+,29+,30+,38-/m1/s1. The summed E-state index contributed by atoms with van der Waals surface area (Å²) in [4.78, 5) is 61.0. The van der Waals surface area contributed by atoms with Crippen molar-refractivity contribution in [3.05, 3.63) is 35.9 Å². The first-order valence-corrected chi connectivity index (χ1v) is 20.5. The Hall–Kier alpha value is -4.64. The molecule has 0 unspecified atom stereocenters. The number of ether oxygens (including phenoxy) is 4. The molecule has 0 bridgehead atoms. The van der Waals surface area contributed by atoms with Gasteiger partial charge in [0.15, 0.2) is 0 Å². The van der Waals surface area contributed by atoms with Crippen LogP contribution in [0.3, 0.4) is 0 Å². The fourth-order valence-corrected chi connectivity index (χ4v) is 9.19. The van der Waals surface area contributed by atoms with Crippen LogP contribution in [0.1, 0.15) is 77.7 Å². The number of pyridine rings is 1. The highest BCUT2D eigenvalue weighted by Crippen LogP contribution is 2.48. The third kappa shape index (κ3) is 7.52. The highest BCUT2D eigenvalue weighted by Gasteiger charge is 2.63. The van der Waals surface area contributed by atoms with Crippen molar-refractivity contribution < 1.29 is 51.6 Å². The topological polar surface area (TPSA) is 212 Å². The average molecular weight is 784 g/mol. The van der Waals surface area contributed by atoms with Crippen molar-refractivity contribution >= 4 is 44.6 Å². The van der Waals surface area contributed by atoms with Gasteiger partial charge in [0, 0.05) is 23.3 Å². The number of nitrogens with one attached hydrogen (secondary N) is 3. The molecule has 2 saturated carbocycles. The molecule has 3 fully saturated rings. The Morgan fingerprint density at radius 1 is 1.20 bits per heavy atom. The number of benzene rings is 1. The fourth-order valence-electron chi connectivity index (χ4n) is 7.88. The predicted octanol–water partition coefficient (Wildman–Crippen LogP) is 2.96. The Morgan fingerprint density at radius 3 is 2.69 bits per heavy atom. The van der Waals surface area contributed by atoms with Crippen molar-refractivity contribution in [3.8, 4) is 17.5 Å². The number of hydrogen-bond donors (Lipinski definition) is 4. The Morgan fingerprint density at radius 2 is 1.98 bits per heavy atom. The molecular weight excluding hydrogens is 735 g/mol. The number of rotatable bonds is 8. The maximum atomic E-state index is 14.6. The van der Waals surface area contributed by atoms with E-state index in [9.17, 15) is 32.7 Å². The van der Waals surface area contributed by atoms with Crippen LogP contribution in [0, 0.1) is 5.92 Å². The zero-order chi connectivity index (χ0) is 39.3. The number of carboxylic acid groups (broad SMARTS) is 1. The summed E-state index contributed by atoms with van der Waals surface area (Å²) in [5.41, 5.74) is -0.669. The monoisotopic (exact) mass is 783 g/mol. The summed E-state index contributed by atoms with van der Waals surface area (Å²) in [6.45, 7) is 5.53. The fraction of sp³-hybridized carbons (Fsp3) is 0.605. The SMILES string of the molecule is CC[C@@H]1O[C@H](C)CC/C=C\[C@@H]2C[C@@]2(C(=O)NS(=O)(=O)C2(C)CC2)NC(=O)[C@@H]2C[C@@H](Oc3nc4c(c5cc(OC)ccc35)CCCO4)CN2C(=O)[C@H]1NC(=O)O. The summed E-state index contributed by atoms with van der Waals surface area (Å²) in [6, 6.07) is 2.89.